The number of rotatable bonds is 7. The molecule has 1 aliphatic heterocycles. The molecule has 1 aromatic carbocycles. The Morgan fingerprint density at radius 2 is 1.83 bits per heavy atom. The van der Waals surface area contributed by atoms with Gasteiger partial charge in [-0.05, 0) is 31.2 Å². The van der Waals surface area contributed by atoms with Crippen molar-refractivity contribution in [3.05, 3.63) is 35.9 Å². The Morgan fingerprint density at radius 1 is 1.12 bits per heavy atom. The van der Waals surface area contributed by atoms with E-state index in [0.29, 0.717) is 6.54 Å². The molecule has 1 saturated heterocycles. The van der Waals surface area contributed by atoms with Crippen LogP contribution in [-0.4, -0.2) is 24.5 Å². The highest BCUT2D eigenvalue weighted by atomic mass is 16.6. The predicted octanol–water partition coefficient (Wildman–Crippen LogP) is 2.31. The van der Waals surface area contributed by atoms with Crippen LogP contribution in [-0.2, 0) is 14.3 Å². The van der Waals surface area contributed by atoms with Gasteiger partial charge in [-0.15, -0.1) is 0 Å². The van der Waals surface area contributed by atoms with Gasteiger partial charge in [0.05, 0.1) is 6.10 Å². The largest absolute Gasteiger partial charge is 0.369 e. The highest BCUT2D eigenvalue weighted by molar-refractivity contribution is 5.87. The van der Waals surface area contributed by atoms with Crippen LogP contribution in [0.1, 0.15) is 50.2 Å². The molecule has 5 heteroatoms. The Bertz CT molecular complexity index is 575. The number of epoxide rings is 1. The van der Waals surface area contributed by atoms with Gasteiger partial charge in [-0.2, -0.15) is 0 Å². The summed E-state index contributed by atoms with van der Waals surface area (Å²) in [5.74, 6) is -0.903. The first kappa shape index (κ1) is 17.0. The van der Waals surface area contributed by atoms with Crippen LogP contribution >= 0.6 is 0 Å². The molecule has 0 bridgehead atoms. The first-order chi connectivity index (χ1) is 11.7. The van der Waals surface area contributed by atoms with Gasteiger partial charge in [-0.1, -0.05) is 43.2 Å². The Kier molecular flexibility index (Phi) is 5.51. The third-order valence-corrected chi connectivity index (χ3v) is 5.14. The quantitative estimate of drug-likeness (QED) is 0.594. The van der Waals surface area contributed by atoms with Crippen LogP contribution in [0.5, 0.6) is 0 Å². The zero-order valence-electron chi connectivity index (χ0n) is 13.9. The maximum absolute atomic E-state index is 12.3. The van der Waals surface area contributed by atoms with Crippen molar-refractivity contribution in [2.24, 2.45) is 17.6 Å². The highest BCUT2D eigenvalue weighted by Gasteiger charge is 2.39. The molecule has 0 radical (unpaired) electrons. The Labute approximate surface area is 142 Å². The summed E-state index contributed by atoms with van der Waals surface area (Å²) in [4.78, 5) is 23.8. The van der Waals surface area contributed by atoms with Crippen LogP contribution in [0.15, 0.2) is 30.3 Å². The van der Waals surface area contributed by atoms with Crippen molar-refractivity contribution in [2.45, 2.75) is 50.7 Å². The van der Waals surface area contributed by atoms with Gasteiger partial charge in [0, 0.05) is 18.4 Å². The topological polar surface area (TPSA) is 84.7 Å². The van der Waals surface area contributed by atoms with Crippen LogP contribution in [0, 0.1) is 11.8 Å². The average molecular weight is 330 g/mol. The molecular weight excluding hydrogens is 304 g/mol. The standard InChI is InChI=1S/C19H26N2O3/c20-18(22)14-9-4-5-10-15(14)19(23)21-12-6-11-16-17(24-16)13-7-2-1-3-8-13/h1-3,7-8,14-17H,4-6,9-12H2,(H2,20,22)(H,21,23). The molecule has 4 unspecified atom stereocenters. The predicted molar refractivity (Wildman–Crippen MR) is 90.9 cm³/mol. The average Bonchev–Trinajstić information content (AvgIpc) is 3.39. The molecule has 0 aromatic heterocycles. The van der Waals surface area contributed by atoms with E-state index in [9.17, 15) is 9.59 Å². The van der Waals surface area contributed by atoms with E-state index in [0.717, 1.165) is 38.5 Å². The Balaban J connectivity index is 1.36. The van der Waals surface area contributed by atoms with Gasteiger partial charge in [-0.3, -0.25) is 9.59 Å². The normalized spacial score (nSPS) is 29.0. The number of nitrogens with two attached hydrogens (primary N) is 1. The SMILES string of the molecule is NC(=O)C1CCCCC1C(=O)NCCCC1OC1c1ccccc1. The number of hydrogen-bond donors (Lipinski definition) is 2. The lowest BCUT2D eigenvalue weighted by atomic mass is 9.78. The molecule has 130 valence electrons. The number of carbonyl (C=O) groups is 2. The van der Waals surface area contributed by atoms with Gasteiger partial charge in [0.25, 0.3) is 0 Å². The zero-order valence-corrected chi connectivity index (χ0v) is 13.9. The van der Waals surface area contributed by atoms with Crippen molar-refractivity contribution < 1.29 is 14.3 Å². The van der Waals surface area contributed by atoms with Crippen molar-refractivity contribution in [3.8, 4) is 0 Å². The Hall–Kier alpha value is -1.88. The van der Waals surface area contributed by atoms with Crippen LogP contribution in [0.3, 0.4) is 0 Å². The van der Waals surface area contributed by atoms with Gasteiger partial charge in [0.1, 0.15) is 6.10 Å². The molecule has 1 saturated carbocycles. The molecule has 24 heavy (non-hydrogen) atoms. The van der Waals surface area contributed by atoms with Crippen molar-refractivity contribution in [1.82, 2.24) is 5.32 Å². The maximum Gasteiger partial charge on any atom is 0.223 e. The molecule has 2 amide bonds. The van der Waals surface area contributed by atoms with E-state index < -0.39 is 0 Å². The van der Waals surface area contributed by atoms with Gasteiger partial charge >= 0.3 is 0 Å². The number of amides is 2. The van der Waals surface area contributed by atoms with Crippen molar-refractivity contribution in [1.29, 1.82) is 0 Å². The van der Waals surface area contributed by atoms with Crippen molar-refractivity contribution >= 4 is 11.8 Å². The first-order valence-corrected chi connectivity index (χ1v) is 8.94. The molecule has 1 heterocycles. The third-order valence-electron chi connectivity index (χ3n) is 5.14. The summed E-state index contributed by atoms with van der Waals surface area (Å²) >= 11 is 0. The smallest absolute Gasteiger partial charge is 0.223 e. The second-order valence-corrected chi connectivity index (χ2v) is 6.84. The molecule has 0 spiro atoms. The second-order valence-electron chi connectivity index (χ2n) is 6.84. The first-order valence-electron chi connectivity index (χ1n) is 8.94. The lowest BCUT2D eigenvalue weighted by Gasteiger charge is -2.28. The second kappa shape index (κ2) is 7.79. The van der Waals surface area contributed by atoms with E-state index in [1.54, 1.807) is 0 Å². The van der Waals surface area contributed by atoms with E-state index in [-0.39, 0.29) is 35.9 Å². The van der Waals surface area contributed by atoms with Gasteiger partial charge < -0.3 is 15.8 Å². The molecule has 2 fully saturated rings. The number of carbonyl (C=O) groups excluding carboxylic acids is 2. The van der Waals surface area contributed by atoms with Gasteiger partial charge in [0.15, 0.2) is 0 Å². The summed E-state index contributed by atoms with van der Waals surface area (Å²) in [5, 5.41) is 2.97. The van der Waals surface area contributed by atoms with Crippen LogP contribution in [0.2, 0.25) is 0 Å². The zero-order chi connectivity index (χ0) is 16.9. The van der Waals surface area contributed by atoms with Gasteiger partial charge in [0.2, 0.25) is 11.8 Å². The van der Waals surface area contributed by atoms with Crippen LogP contribution in [0.25, 0.3) is 0 Å². The minimum Gasteiger partial charge on any atom is -0.369 e. The number of benzene rings is 1. The van der Waals surface area contributed by atoms with Crippen molar-refractivity contribution in [2.75, 3.05) is 6.54 Å². The molecule has 5 nitrogen and oxygen atoms in total. The highest BCUT2D eigenvalue weighted by Crippen LogP contribution is 2.41. The minimum atomic E-state index is -0.341. The third kappa shape index (κ3) is 4.15. The van der Waals surface area contributed by atoms with E-state index in [2.05, 4.69) is 17.4 Å². The molecule has 1 aliphatic carbocycles. The summed E-state index contributed by atoms with van der Waals surface area (Å²) in [6, 6.07) is 10.2. The molecule has 3 N–H and O–H groups in total. The van der Waals surface area contributed by atoms with Crippen LogP contribution < -0.4 is 11.1 Å². The summed E-state index contributed by atoms with van der Waals surface area (Å²) in [5.41, 5.74) is 6.65. The van der Waals surface area contributed by atoms with Crippen molar-refractivity contribution in [3.63, 3.8) is 0 Å². The lowest BCUT2D eigenvalue weighted by molar-refractivity contribution is -0.134. The summed E-state index contributed by atoms with van der Waals surface area (Å²) in [6.07, 6.45) is 5.77. The number of primary amides is 1. The van der Waals surface area contributed by atoms with E-state index in [1.807, 2.05) is 18.2 Å². The molecule has 2 aliphatic rings. The summed E-state index contributed by atoms with van der Waals surface area (Å²) in [6.45, 7) is 0.627. The summed E-state index contributed by atoms with van der Waals surface area (Å²) in [7, 11) is 0. The van der Waals surface area contributed by atoms with E-state index in [4.69, 9.17) is 10.5 Å². The number of nitrogens with one attached hydrogen (secondary N) is 1. The minimum absolute atomic E-state index is 0.0187. The lowest BCUT2D eigenvalue weighted by Crippen LogP contribution is -2.42. The summed E-state index contributed by atoms with van der Waals surface area (Å²) < 4.78 is 5.70. The monoisotopic (exact) mass is 330 g/mol. The van der Waals surface area contributed by atoms with Gasteiger partial charge in [-0.25, -0.2) is 0 Å². The maximum atomic E-state index is 12.3. The molecule has 3 rings (SSSR count). The van der Waals surface area contributed by atoms with Crippen LogP contribution in [0.4, 0.5) is 0 Å². The molecule has 4 atom stereocenters. The van der Waals surface area contributed by atoms with E-state index >= 15 is 0 Å². The Morgan fingerprint density at radius 3 is 2.54 bits per heavy atom. The fourth-order valence-corrected chi connectivity index (χ4v) is 3.73. The number of hydrogen-bond acceptors (Lipinski definition) is 3. The molecular formula is C19H26N2O3. The molecule has 1 aromatic rings. The fourth-order valence-electron chi connectivity index (χ4n) is 3.73. The van der Waals surface area contributed by atoms with E-state index in [1.165, 1.54) is 5.56 Å². The number of ether oxygens (including phenoxy) is 1. The fraction of sp³-hybridized carbons (Fsp3) is 0.579.